The molecule has 0 atom stereocenters. The van der Waals surface area contributed by atoms with Crippen molar-refractivity contribution < 1.29 is 28.5 Å². The molecule has 0 saturated carbocycles. The first-order chi connectivity index (χ1) is 13.6. The summed E-state index contributed by atoms with van der Waals surface area (Å²) in [6.45, 7) is 3.72. The van der Waals surface area contributed by atoms with Crippen molar-refractivity contribution in [2.45, 2.75) is 19.8 Å². The molecule has 2 heterocycles. The second kappa shape index (κ2) is 8.21. The third kappa shape index (κ3) is 3.24. The van der Waals surface area contributed by atoms with Crippen molar-refractivity contribution in [2.75, 3.05) is 27.4 Å². The summed E-state index contributed by atoms with van der Waals surface area (Å²) in [5.74, 6) is -1.44. The van der Waals surface area contributed by atoms with Crippen LogP contribution in [-0.2, 0) is 19.1 Å². The fourth-order valence-electron chi connectivity index (χ4n) is 3.38. The summed E-state index contributed by atoms with van der Waals surface area (Å²) in [5.41, 5.74) is 2.01. The van der Waals surface area contributed by atoms with Gasteiger partial charge in [-0.05, 0) is 32.0 Å². The lowest BCUT2D eigenvalue weighted by molar-refractivity contribution is -0.156. The number of fused-ring (bicyclic) bond motifs is 3. The van der Waals surface area contributed by atoms with Crippen molar-refractivity contribution in [3.05, 3.63) is 42.1 Å². The van der Waals surface area contributed by atoms with Crippen LogP contribution < -0.4 is 9.47 Å². The first-order valence-electron chi connectivity index (χ1n) is 9.05. The summed E-state index contributed by atoms with van der Waals surface area (Å²) < 4.78 is 23.1. The monoisotopic (exact) mass is 385 g/mol. The van der Waals surface area contributed by atoms with Gasteiger partial charge in [0.05, 0.1) is 38.5 Å². The number of aromatic nitrogens is 1. The Balaban J connectivity index is 2.38. The fourth-order valence-corrected chi connectivity index (χ4v) is 3.38. The van der Waals surface area contributed by atoms with E-state index in [4.69, 9.17) is 18.9 Å². The summed E-state index contributed by atoms with van der Waals surface area (Å²) in [5, 5.41) is 0.690. The summed E-state index contributed by atoms with van der Waals surface area (Å²) >= 11 is 0. The predicted octanol–water partition coefficient (Wildman–Crippen LogP) is 3.32. The molecule has 3 aromatic rings. The van der Waals surface area contributed by atoms with Crippen LogP contribution >= 0.6 is 0 Å². The molecule has 7 heteroatoms. The first kappa shape index (κ1) is 19.5. The number of benzene rings is 1. The second-order valence-corrected chi connectivity index (χ2v) is 6.03. The molecule has 0 bridgehead atoms. The lowest BCUT2D eigenvalue weighted by Crippen LogP contribution is -2.26. The zero-order valence-corrected chi connectivity index (χ0v) is 16.4. The minimum Gasteiger partial charge on any atom is -0.493 e. The molecule has 0 spiro atoms. The number of hydrogen-bond donors (Lipinski definition) is 0. The van der Waals surface area contributed by atoms with Crippen LogP contribution in [0.2, 0.25) is 0 Å². The minimum absolute atomic E-state index is 0.162. The number of methoxy groups -OCH3 is 2. The van der Waals surface area contributed by atoms with Crippen molar-refractivity contribution in [1.82, 2.24) is 4.40 Å². The lowest BCUT2D eigenvalue weighted by atomic mass is 9.96. The zero-order valence-electron chi connectivity index (χ0n) is 16.4. The van der Waals surface area contributed by atoms with E-state index < -0.39 is 17.9 Å². The van der Waals surface area contributed by atoms with Gasteiger partial charge in [0.1, 0.15) is 0 Å². The molecule has 0 saturated heterocycles. The Morgan fingerprint density at radius 1 is 0.929 bits per heavy atom. The van der Waals surface area contributed by atoms with Crippen LogP contribution in [0.15, 0.2) is 36.5 Å². The van der Waals surface area contributed by atoms with Crippen LogP contribution in [0.4, 0.5) is 0 Å². The van der Waals surface area contributed by atoms with Gasteiger partial charge in [-0.25, -0.2) is 0 Å². The molecule has 0 N–H and O–H groups in total. The largest absolute Gasteiger partial charge is 0.493 e. The summed E-state index contributed by atoms with van der Waals surface area (Å²) in [4.78, 5) is 25.5. The highest BCUT2D eigenvalue weighted by Gasteiger charge is 2.36. The van der Waals surface area contributed by atoms with Crippen LogP contribution in [0.5, 0.6) is 11.5 Å². The van der Waals surface area contributed by atoms with Crippen molar-refractivity contribution in [1.29, 1.82) is 0 Å². The number of carbonyl (C=O) groups is 2. The van der Waals surface area contributed by atoms with Gasteiger partial charge in [0, 0.05) is 23.2 Å². The number of hydrogen-bond acceptors (Lipinski definition) is 6. The van der Waals surface area contributed by atoms with Gasteiger partial charge >= 0.3 is 11.9 Å². The van der Waals surface area contributed by atoms with Crippen LogP contribution in [0.3, 0.4) is 0 Å². The van der Waals surface area contributed by atoms with Crippen molar-refractivity contribution >= 4 is 28.4 Å². The van der Waals surface area contributed by atoms with E-state index in [1.807, 2.05) is 34.9 Å². The van der Waals surface area contributed by atoms with Crippen molar-refractivity contribution in [3.63, 3.8) is 0 Å². The van der Waals surface area contributed by atoms with Crippen molar-refractivity contribution in [2.24, 2.45) is 0 Å². The number of carbonyl (C=O) groups excluding carboxylic acids is 2. The van der Waals surface area contributed by atoms with Gasteiger partial charge in [-0.1, -0.05) is 6.07 Å². The normalized spacial score (nSPS) is 11.0. The number of pyridine rings is 1. The molecule has 1 aromatic carbocycles. The Labute approximate surface area is 162 Å². The van der Waals surface area contributed by atoms with Gasteiger partial charge < -0.3 is 23.3 Å². The molecule has 0 unspecified atom stereocenters. The molecule has 0 fully saturated rings. The van der Waals surface area contributed by atoms with E-state index in [1.165, 1.54) is 7.11 Å². The maximum absolute atomic E-state index is 12.7. The molecular weight excluding hydrogens is 362 g/mol. The fraction of sp³-hybridized carbons (Fsp3) is 0.333. The Morgan fingerprint density at radius 3 is 2.11 bits per heavy atom. The van der Waals surface area contributed by atoms with Crippen molar-refractivity contribution in [3.8, 4) is 11.5 Å². The Morgan fingerprint density at radius 2 is 1.54 bits per heavy atom. The van der Waals surface area contributed by atoms with Crippen LogP contribution in [-0.4, -0.2) is 43.8 Å². The second-order valence-electron chi connectivity index (χ2n) is 6.03. The molecule has 0 radical (unpaired) electrons. The minimum atomic E-state index is -1.20. The highest BCUT2D eigenvalue weighted by molar-refractivity contribution is 6.09. The quantitative estimate of drug-likeness (QED) is 0.459. The average molecular weight is 385 g/mol. The Kier molecular flexibility index (Phi) is 5.73. The van der Waals surface area contributed by atoms with Crippen LogP contribution in [0.1, 0.15) is 25.3 Å². The molecule has 0 aliphatic carbocycles. The number of esters is 2. The molecule has 0 amide bonds. The summed E-state index contributed by atoms with van der Waals surface area (Å²) in [7, 11) is 3.09. The van der Waals surface area contributed by atoms with E-state index in [-0.39, 0.29) is 13.2 Å². The zero-order chi connectivity index (χ0) is 20.3. The smallest absolute Gasteiger partial charge is 0.324 e. The van der Waals surface area contributed by atoms with E-state index >= 15 is 0 Å². The lowest BCUT2D eigenvalue weighted by Gasteiger charge is -2.15. The highest BCUT2D eigenvalue weighted by Crippen LogP contribution is 2.40. The maximum atomic E-state index is 12.7. The number of rotatable bonds is 7. The van der Waals surface area contributed by atoms with Crippen LogP contribution in [0.25, 0.3) is 16.4 Å². The van der Waals surface area contributed by atoms with Gasteiger partial charge in [0.15, 0.2) is 17.4 Å². The van der Waals surface area contributed by atoms with E-state index in [2.05, 4.69) is 0 Å². The van der Waals surface area contributed by atoms with E-state index in [1.54, 1.807) is 27.0 Å². The Hall–Kier alpha value is -3.22. The molecule has 148 valence electrons. The highest BCUT2D eigenvalue weighted by atomic mass is 16.6. The standard InChI is InChI=1S/C21H23NO6/c1-5-27-20(23)19(21(24)28-6-2)18-13-11-16(25-3)17(26-4)12-15(13)22-10-8-7-9-14(18)22/h7-12,19H,5-6H2,1-4H3. The van der Waals surface area contributed by atoms with Gasteiger partial charge in [-0.2, -0.15) is 0 Å². The third-order valence-corrected chi connectivity index (χ3v) is 4.52. The van der Waals surface area contributed by atoms with Gasteiger partial charge in [-0.3, -0.25) is 9.59 Å². The molecule has 7 nitrogen and oxygen atoms in total. The molecular formula is C21H23NO6. The Bertz CT molecular complexity index is 1000. The SMILES string of the molecule is CCOC(=O)C(C(=O)OCC)c1c2cc(OC)c(OC)cc2n2ccccc12. The molecule has 0 aliphatic rings. The molecule has 2 aromatic heterocycles. The van der Waals surface area contributed by atoms with Crippen LogP contribution in [0, 0.1) is 0 Å². The number of nitrogens with zero attached hydrogens (tertiary/aromatic N) is 1. The summed E-state index contributed by atoms with van der Waals surface area (Å²) in [6, 6.07) is 9.15. The topological polar surface area (TPSA) is 75.5 Å². The molecule has 3 rings (SSSR count). The van der Waals surface area contributed by atoms with Gasteiger partial charge in [0.2, 0.25) is 0 Å². The van der Waals surface area contributed by atoms with E-state index in [9.17, 15) is 9.59 Å². The maximum Gasteiger partial charge on any atom is 0.324 e. The average Bonchev–Trinajstić information content (AvgIpc) is 3.01. The molecule has 28 heavy (non-hydrogen) atoms. The third-order valence-electron chi connectivity index (χ3n) is 4.52. The van der Waals surface area contributed by atoms with E-state index in [0.29, 0.717) is 28.0 Å². The molecule has 0 aliphatic heterocycles. The first-order valence-corrected chi connectivity index (χ1v) is 9.05. The van der Waals surface area contributed by atoms with E-state index in [0.717, 1.165) is 5.52 Å². The van der Waals surface area contributed by atoms with Gasteiger partial charge in [-0.15, -0.1) is 0 Å². The van der Waals surface area contributed by atoms with Gasteiger partial charge in [0.25, 0.3) is 0 Å². The summed E-state index contributed by atoms with van der Waals surface area (Å²) in [6.07, 6.45) is 1.86. The number of ether oxygens (including phenoxy) is 4. The predicted molar refractivity (Wildman–Crippen MR) is 104 cm³/mol.